The Labute approximate surface area is 172 Å². The summed E-state index contributed by atoms with van der Waals surface area (Å²) in [7, 11) is 1.38. The van der Waals surface area contributed by atoms with Crippen molar-refractivity contribution in [2.45, 2.75) is 26.2 Å². The van der Waals surface area contributed by atoms with Gasteiger partial charge in [0.25, 0.3) is 0 Å². The van der Waals surface area contributed by atoms with Gasteiger partial charge in [0.15, 0.2) is 0 Å². The van der Waals surface area contributed by atoms with Crippen LogP contribution in [-0.2, 0) is 10.2 Å². The Morgan fingerprint density at radius 2 is 1.55 bits per heavy atom. The van der Waals surface area contributed by atoms with Gasteiger partial charge in [-0.25, -0.2) is 9.59 Å². The van der Waals surface area contributed by atoms with Crippen molar-refractivity contribution in [3.63, 3.8) is 0 Å². The average Bonchev–Trinajstić information content (AvgIpc) is 2.73. The highest BCUT2D eigenvalue weighted by Gasteiger charge is 2.24. The van der Waals surface area contributed by atoms with E-state index in [9.17, 15) is 9.59 Å². The van der Waals surface area contributed by atoms with E-state index in [4.69, 9.17) is 4.74 Å². The zero-order valence-corrected chi connectivity index (χ0v) is 17.6. The zero-order valence-electron chi connectivity index (χ0n) is 17.6. The quantitative estimate of drug-likeness (QED) is 0.794. The van der Waals surface area contributed by atoms with E-state index in [-0.39, 0.29) is 17.4 Å². The molecule has 154 valence electrons. The van der Waals surface area contributed by atoms with Crippen LogP contribution in [0, 0.1) is 0 Å². The lowest BCUT2D eigenvalue weighted by Gasteiger charge is -2.36. The van der Waals surface area contributed by atoms with Gasteiger partial charge in [0.2, 0.25) is 0 Å². The number of rotatable bonds is 3. The molecule has 2 amide bonds. The molecule has 0 radical (unpaired) electrons. The summed E-state index contributed by atoms with van der Waals surface area (Å²) in [6.45, 7) is 9.19. The SMILES string of the molecule is COC(=O)c1ccc(N2CCN(C(=O)Nc3ccccc3C(C)(C)C)CC2)cc1. The number of hydrogen-bond donors (Lipinski definition) is 1. The summed E-state index contributed by atoms with van der Waals surface area (Å²) in [4.78, 5) is 28.4. The second kappa shape index (κ2) is 8.55. The second-order valence-electron chi connectivity index (χ2n) is 8.24. The summed E-state index contributed by atoms with van der Waals surface area (Å²) in [5, 5.41) is 3.08. The van der Waals surface area contributed by atoms with E-state index in [1.54, 1.807) is 12.1 Å². The first-order chi connectivity index (χ1) is 13.8. The van der Waals surface area contributed by atoms with Gasteiger partial charge in [0.05, 0.1) is 12.7 Å². The third-order valence-corrected chi connectivity index (χ3v) is 5.20. The number of urea groups is 1. The first-order valence-electron chi connectivity index (χ1n) is 9.88. The van der Waals surface area contributed by atoms with Crippen molar-refractivity contribution in [2.24, 2.45) is 0 Å². The molecular weight excluding hydrogens is 366 g/mol. The van der Waals surface area contributed by atoms with Crippen molar-refractivity contribution in [1.82, 2.24) is 4.90 Å². The van der Waals surface area contributed by atoms with Crippen molar-refractivity contribution in [2.75, 3.05) is 43.5 Å². The van der Waals surface area contributed by atoms with Gasteiger partial charge in [-0.3, -0.25) is 0 Å². The molecule has 0 saturated carbocycles. The van der Waals surface area contributed by atoms with E-state index in [1.165, 1.54) is 7.11 Å². The number of methoxy groups -OCH3 is 1. The first kappa shape index (κ1) is 20.7. The van der Waals surface area contributed by atoms with Crippen molar-refractivity contribution in [1.29, 1.82) is 0 Å². The Morgan fingerprint density at radius 3 is 2.14 bits per heavy atom. The summed E-state index contributed by atoms with van der Waals surface area (Å²) < 4.78 is 4.74. The number of piperazine rings is 1. The minimum atomic E-state index is -0.339. The number of amides is 2. The average molecular weight is 396 g/mol. The van der Waals surface area contributed by atoms with Crippen LogP contribution in [0.4, 0.5) is 16.2 Å². The molecule has 0 aliphatic carbocycles. The van der Waals surface area contributed by atoms with E-state index in [0.29, 0.717) is 18.7 Å². The number of anilines is 2. The fourth-order valence-electron chi connectivity index (χ4n) is 3.53. The Bertz CT molecular complexity index is 864. The second-order valence-corrected chi connectivity index (χ2v) is 8.24. The Hall–Kier alpha value is -3.02. The molecule has 6 heteroatoms. The molecule has 1 fully saturated rings. The number of para-hydroxylation sites is 1. The monoisotopic (exact) mass is 395 g/mol. The minimum absolute atomic E-state index is 0.0427. The van der Waals surface area contributed by atoms with Gasteiger partial charge in [-0.2, -0.15) is 0 Å². The van der Waals surface area contributed by atoms with Crippen molar-refractivity contribution >= 4 is 23.4 Å². The molecule has 2 aromatic rings. The van der Waals surface area contributed by atoms with E-state index in [1.807, 2.05) is 35.2 Å². The standard InChI is InChI=1S/C23H29N3O3/c1-23(2,3)19-7-5-6-8-20(19)24-22(28)26-15-13-25(14-16-26)18-11-9-17(10-12-18)21(27)29-4/h5-12H,13-16H2,1-4H3,(H,24,28). The van der Waals surface area contributed by atoms with Crippen molar-refractivity contribution in [3.05, 3.63) is 59.7 Å². The van der Waals surface area contributed by atoms with Crippen LogP contribution in [0.2, 0.25) is 0 Å². The minimum Gasteiger partial charge on any atom is -0.465 e. The van der Waals surface area contributed by atoms with Crippen LogP contribution in [0.1, 0.15) is 36.7 Å². The van der Waals surface area contributed by atoms with Crippen LogP contribution in [0.5, 0.6) is 0 Å². The van der Waals surface area contributed by atoms with Gasteiger partial charge >= 0.3 is 12.0 Å². The predicted octanol–water partition coefficient (Wildman–Crippen LogP) is 4.12. The van der Waals surface area contributed by atoms with Crippen LogP contribution >= 0.6 is 0 Å². The van der Waals surface area contributed by atoms with Gasteiger partial charge in [-0.05, 0) is 41.3 Å². The number of carbonyl (C=O) groups is 2. The largest absolute Gasteiger partial charge is 0.465 e. The summed E-state index contributed by atoms with van der Waals surface area (Å²) in [5.74, 6) is -0.339. The number of hydrogen-bond acceptors (Lipinski definition) is 4. The number of ether oxygens (including phenoxy) is 1. The molecule has 0 unspecified atom stereocenters. The highest BCUT2D eigenvalue weighted by Crippen LogP contribution is 2.29. The van der Waals surface area contributed by atoms with E-state index < -0.39 is 0 Å². The molecule has 1 saturated heterocycles. The summed E-state index contributed by atoms with van der Waals surface area (Å²) in [6.07, 6.45) is 0. The molecule has 1 aliphatic rings. The zero-order chi connectivity index (χ0) is 21.0. The molecular formula is C23H29N3O3. The summed E-state index contributed by atoms with van der Waals surface area (Å²) in [6, 6.07) is 15.3. The molecule has 2 aromatic carbocycles. The van der Waals surface area contributed by atoms with Gasteiger partial charge in [0.1, 0.15) is 0 Å². The summed E-state index contributed by atoms with van der Waals surface area (Å²) >= 11 is 0. The fourth-order valence-corrected chi connectivity index (χ4v) is 3.53. The number of esters is 1. The maximum Gasteiger partial charge on any atom is 0.337 e. The van der Waals surface area contributed by atoms with Gasteiger partial charge in [0, 0.05) is 37.6 Å². The predicted molar refractivity (Wildman–Crippen MR) is 116 cm³/mol. The first-order valence-corrected chi connectivity index (χ1v) is 9.88. The lowest BCUT2D eigenvalue weighted by molar-refractivity contribution is 0.0600. The highest BCUT2D eigenvalue weighted by molar-refractivity contribution is 5.91. The van der Waals surface area contributed by atoms with Gasteiger partial charge in [-0.1, -0.05) is 39.0 Å². The fraction of sp³-hybridized carbons (Fsp3) is 0.391. The molecule has 0 aromatic heterocycles. The Balaban J connectivity index is 1.60. The van der Waals surface area contributed by atoms with E-state index >= 15 is 0 Å². The highest BCUT2D eigenvalue weighted by atomic mass is 16.5. The Morgan fingerprint density at radius 1 is 0.931 bits per heavy atom. The van der Waals surface area contributed by atoms with Gasteiger partial charge in [-0.15, -0.1) is 0 Å². The molecule has 3 rings (SSSR count). The molecule has 1 aliphatic heterocycles. The molecule has 0 bridgehead atoms. The van der Waals surface area contributed by atoms with Crippen LogP contribution in [0.15, 0.2) is 48.5 Å². The van der Waals surface area contributed by atoms with E-state index in [2.05, 4.69) is 37.1 Å². The third kappa shape index (κ3) is 4.88. The maximum atomic E-state index is 12.8. The molecule has 1 heterocycles. The molecule has 0 atom stereocenters. The van der Waals surface area contributed by atoms with Crippen LogP contribution in [-0.4, -0.2) is 50.2 Å². The van der Waals surface area contributed by atoms with Crippen LogP contribution in [0.3, 0.4) is 0 Å². The molecule has 6 nitrogen and oxygen atoms in total. The topological polar surface area (TPSA) is 61.9 Å². The molecule has 29 heavy (non-hydrogen) atoms. The van der Waals surface area contributed by atoms with Crippen LogP contribution < -0.4 is 10.2 Å². The summed E-state index contributed by atoms with van der Waals surface area (Å²) in [5.41, 5.74) is 3.52. The van der Waals surface area contributed by atoms with E-state index in [0.717, 1.165) is 30.0 Å². The van der Waals surface area contributed by atoms with Crippen molar-refractivity contribution in [3.8, 4) is 0 Å². The lowest BCUT2D eigenvalue weighted by atomic mass is 9.86. The van der Waals surface area contributed by atoms with Crippen LogP contribution in [0.25, 0.3) is 0 Å². The Kier molecular flexibility index (Phi) is 6.11. The normalized spacial score (nSPS) is 14.5. The van der Waals surface area contributed by atoms with Crippen molar-refractivity contribution < 1.29 is 14.3 Å². The lowest BCUT2D eigenvalue weighted by Crippen LogP contribution is -2.50. The molecule has 1 N–H and O–H groups in total. The molecule has 0 spiro atoms. The smallest absolute Gasteiger partial charge is 0.337 e. The maximum absolute atomic E-state index is 12.8. The number of carbonyl (C=O) groups excluding carboxylic acids is 2. The third-order valence-electron chi connectivity index (χ3n) is 5.20. The number of nitrogens with zero attached hydrogens (tertiary/aromatic N) is 2. The number of nitrogens with one attached hydrogen (secondary N) is 1. The van der Waals surface area contributed by atoms with Gasteiger partial charge < -0.3 is 19.9 Å². The number of benzene rings is 2.